The number of oxazole rings is 1. The van der Waals surface area contributed by atoms with E-state index in [4.69, 9.17) is 9.15 Å². The lowest BCUT2D eigenvalue weighted by Gasteiger charge is -2.30. The molecule has 6 N–H and O–H groups in total. The monoisotopic (exact) mass is 796 g/mol. The summed E-state index contributed by atoms with van der Waals surface area (Å²) in [5.41, 5.74) is 4.69. The maximum absolute atomic E-state index is 13.8. The van der Waals surface area contributed by atoms with Crippen LogP contribution in [0.5, 0.6) is 0 Å². The lowest BCUT2D eigenvalue weighted by molar-refractivity contribution is -0.130. The van der Waals surface area contributed by atoms with E-state index in [9.17, 15) is 33.9 Å². The van der Waals surface area contributed by atoms with Crippen LogP contribution in [0.2, 0.25) is 0 Å². The molecule has 15 heteroatoms. The molecule has 1 aliphatic heterocycles. The summed E-state index contributed by atoms with van der Waals surface area (Å²) in [4.78, 5) is 79.5. The van der Waals surface area contributed by atoms with Crippen LogP contribution in [0.1, 0.15) is 80.8 Å². The fourth-order valence-electron chi connectivity index (χ4n) is 7.59. The van der Waals surface area contributed by atoms with Crippen molar-refractivity contribution >= 4 is 46.7 Å². The van der Waals surface area contributed by atoms with Crippen molar-refractivity contribution in [1.29, 1.82) is 0 Å². The average molecular weight is 797 g/mol. The van der Waals surface area contributed by atoms with Crippen LogP contribution in [0.4, 0.5) is 15.3 Å². The van der Waals surface area contributed by atoms with Gasteiger partial charge in [-0.1, -0.05) is 30.3 Å². The highest BCUT2D eigenvalue weighted by Gasteiger charge is 2.31. The highest BCUT2D eigenvalue weighted by molar-refractivity contribution is 5.99. The third kappa shape index (κ3) is 11.0. The van der Waals surface area contributed by atoms with Crippen LogP contribution in [-0.4, -0.2) is 82.2 Å². The number of H-pyrrole nitrogens is 1. The highest BCUT2D eigenvalue weighted by atomic mass is 16.6. The van der Waals surface area contributed by atoms with Crippen molar-refractivity contribution in [3.05, 3.63) is 87.9 Å². The SMILES string of the molecule is Cc1cc(C(=O)NC2CCN(C(=O)O)CC2)ccc1-c1ccc(C[C@H](NC(=O)[C@H]2CC[C@H](CNC(=O)OC(C)(C)C)CC2)C(=O)Nc2ccc3[nH]c(=O)oc3c2)cc1. The van der Waals surface area contributed by atoms with E-state index in [1.54, 1.807) is 24.3 Å². The first-order valence-corrected chi connectivity index (χ1v) is 19.8. The van der Waals surface area contributed by atoms with E-state index in [1.807, 2.05) is 64.1 Å². The molecule has 0 unspecified atom stereocenters. The number of ether oxygens (including phenoxy) is 1. The smallest absolute Gasteiger partial charge is 0.417 e. The first-order chi connectivity index (χ1) is 27.6. The summed E-state index contributed by atoms with van der Waals surface area (Å²) in [6, 6.07) is 17.0. The molecule has 2 fully saturated rings. The average Bonchev–Trinajstić information content (AvgIpc) is 3.56. The van der Waals surface area contributed by atoms with Crippen molar-refractivity contribution in [2.24, 2.45) is 11.8 Å². The molecule has 15 nitrogen and oxygen atoms in total. The molecule has 2 heterocycles. The molecule has 6 rings (SSSR count). The molecule has 2 aliphatic rings. The quantitative estimate of drug-likeness (QED) is 0.105. The van der Waals surface area contributed by atoms with Gasteiger partial charge in [0.1, 0.15) is 11.6 Å². The molecule has 5 amide bonds. The van der Waals surface area contributed by atoms with E-state index in [0.29, 0.717) is 67.7 Å². The Morgan fingerprint density at radius 1 is 0.931 bits per heavy atom. The maximum Gasteiger partial charge on any atom is 0.417 e. The number of hydrogen-bond acceptors (Lipinski definition) is 8. The van der Waals surface area contributed by atoms with Crippen LogP contribution in [0.3, 0.4) is 0 Å². The number of aromatic amines is 1. The van der Waals surface area contributed by atoms with Crippen molar-refractivity contribution in [3.63, 3.8) is 0 Å². The molecule has 58 heavy (non-hydrogen) atoms. The second-order valence-corrected chi connectivity index (χ2v) is 16.3. The van der Waals surface area contributed by atoms with Gasteiger partial charge in [0.05, 0.1) is 5.52 Å². The first-order valence-electron chi connectivity index (χ1n) is 19.8. The Bertz CT molecular complexity index is 2190. The van der Waals surface area contributed by atoms with Crippen molar-refractivity contribution < 1.29 is 38.2 Å². The van der Waals surface area contributed by atoms with Crippen molar-refractivity contribution in [2.75, 3.05) is 25.0 Å². The summed E-state index contributed by atoms with van der Waals surface area (Å²) in [6.07, 6.45) is 2.64. The Hall–Kier alpha value is -6.12. The number of alkyl carbamates (subject to hydrolysis) is 1. The summed E-state index contributed by atoms with van der Waals surface area (Å²) >= 11 is 0. The van der Waals surface area contributed by atoms with Crippen LogP contribution in [-0.2, 0) is 20.7 Å². The number of fused-ring (bicyclic) bond motifs is 1. The molecule has 3 aromatic carbocycles. The molecule has 0 spiro atoms. The topological polar surface area (TPSA) is 212 Å². The number of likely N-dealkylation sites (tertiary alicyclic amines) is 1. The van der Waals surface area contributed by atoms with E-state index < -0.39 is 35.5 Å². The first kappa shape index (κ1) is 41.5. The van der Waals surface area contributed by atoms with E-state index in [1.165, 1.54) is 4.90 Å². The Balaban J connectivity index is 1.10. The zero-order valence-electron chi connectivity index (χ0n) is 33.3. The summed E-state index contributed by atoms with van der Waals surface area (Å²) in [7, 11) is 0. The number of aryl methyl sites for hydroxylation is 1. The number of carboxylic acid groups (broad SMARTS) is 1. The number of nitrogens with one attached hydrogen (secondary N) is 5. The number of rotatable bonds is 11. The number of anilines is 1. The molecule has 1 aromatic heterocycles. The molecular formula is C43H52N6O9. The number of carbonyl (C=O) groups excluding carboxylic acids is 4. The highest BCUT2D eigenvalue weighted by Crippen LogP contribution is 2.30. The van der Waals surface area contributed by atoms with Crippen LogP contribution in [0, 0.1) is 18.8 Å². The summed E-state index contributed by atoms with van der Waals surface area (Å²) < 4.78 is 10.5. The van der Waals surface area contributed by atoms with Crippen LogP contribution in [0.25, 0.3) is 22.2 Å². The van der Waals surface area contributed by atoms with Gasteiger partial charge in [-0.3, -0.25) is 19.4 Å². The molecule has 1 saturated carbocycles. The van der Waals surface area contributed by atoms with Crippen LogP contribution >= 0.6 is 0 Å². The Morgan fingerprint density at radius 2 is 1.64 bits per heavy atom. The van der Waals surface area contributed by atoms with Gasteiger partial charge in [-0.2, -0.15) is 0 Å². The van der Waals surface area contributed by atoms with Gasteiger partial charge in [-0.25, -0.2) is 14.4 Å². The second-order valence-electron chi connectivity index (χ2n) is 16.3. The predicted octanol–water partition coefficient (Wildman–Crippen LogP) is 5.97. The number of benzene rings is 3. The van der Waals surface area contributed by atoms with Gasteiger partial charge in [0, 0.05) is 55.3 Å². The number of carbonyl (C=O) groups is 5. The standard InChI is InChI=1S/C43H52N6O9/c1-25-21-30(38(51)45-31-17-19-49(20-18-31)42(55)56)13-15-33(25)28-9-5-26(6-10-28)22-35(39(52)46-32-14-16-34-36(23-32)57-41(54)48-34)47-37(50)29-11-7-27(8-12-29)24-44-40(53)58-43(2,3)4/h5-6,9-10,13-16,21,23,27,29,31,35H,7-8,11-12,17-20,22,24H2,1-4H3,(H,44,53)(H,45,51)(H,46,52)(H,47,50)(H,48,54)(H,55,56)/t27-,29-,35-/m0/s1. The summed E-state index contributed by atoms with van der Waals surface area (Å²) in [5, 5.41) is 20.9. The van der Waals surface area contributed by atoms with Gasteiger partial charge < -0.3 is 40.4 Å². The van der Waals surface area contributed by atoms with Gasteiger partial charge in [-0.05, 0) is 119 Å². The fraction of sp³-hybridized carbons (Fsp3) is 0.442. The van der Waals surface area contributed by atoms with Gasteiger partial charge in [0.15, 0.2) is 5.58 Å². The molecule has 1 saturated heterocycles. The lowest BCUT2D eigenvalue weighted by atomic mass is 9.81. The van der Waals surface area contributed by atoms with Gasteiger partial charge in [-0.15, -0.1) is 0 Å². The van der Waals surface area contributed by atoms with Gasteiger partial charge in [0.25, 0.3) is 5.91 Å². The largest absolute Gasteiger partial charge is 0.465 e. The second kappa shape index (κ2) is 18.0. The molecule has 4 aromatic rings. The van der Waals surface area contributed by atoms with Gasteiger partial charge >= 0.3 is 17.9 Å². The number of aromatic nitrogens is 1. The van der Waals surface area contributed by atoms with Crippen LogP contribution in [0.15, 0.2) is 69.9 Å². The molecule has 1 aliphatic carbocycles. The number of amides is 5. The Labute approximate surface area is 336 Å². The number of hydrogen-bond donors (Lipinski definition) is 6. The maximum atomic E-state index is 13.8. The summed E-state index contributed by atoms with van der Waals surface area (Å²) in [5.74, 6) is -1.53. The molecule has 1 atom stereocenters. The number of piperidine rings is 1. The van der Waals surface area contributed by atoms with Crippen molar-refractivity contribution in [1.82, 2.24) is 25.8 Å². The molecular weight excluding hydrogens is 745 g/mol. The minimum Gasteiger partial charge on any atom is -0.465 e. The minimum absolute atomic E-state index is 0.0912. The summed E-state index contributed by atoms with van der Waals surface area (Å²) in [6.45, 7) is 8.60. The van der Waals surface area contributed by atoms with Crippen LogP contribution < -0.4 is 27.0 Å². The van der Waals surface area contributed by atoms with Gasteiger partial charge in [0.2, 0.25) is 11.8 Å². The molecule has 0 bridgehead atoms. The number of nitrogens with zero attached hydrogens (tertiary/aromatic N) is 1. The van der Waals surface area contributed by atoms with E-state index in [0.717, 1.165) is 35.1 Å². The normalized spacial score (nSPS) is 17.9. The van der Waals surface area contributed by atoms with Crippen molar-refractivity contribution in [3.8, 4) is 11.1 Å². The Morgan fingerprint density at radius 3 is 2.29 bits per heavy atom. The Kier molecular flexibility index (Phi) is 12.9. The van der Waals surface area contributed by atoms with Crippen molar-refractivity contribution in [2.45, 2.75) is 90.3 Å². The fourth-order valence-corrected chi connectivity index (χ4v) is 7.59. The zero-order valence-corrected chi connectivity index (χ0v) is 33.3. The molecule has 0 radical (unpaired) electrons. The zero-order chi connectivity index (χ0) is 41.6. The molecule has 308 valence electrons. The third-order valence-electron chi connectivity index (χ3n) is 10.8. The third-order valence-corrected chi connectivity index (χ3v) is 10.8. The van der Waals surface area contributed by atoms with E-state index >= 15 is 0 Å². The minimum atomic E-state index is -0.946. The lowest BCUT2D eigenvalue weighted by Crippen LogP contribution is -2.48. The van der Waals surface area contributed by atoms with E-state index in [-0.39, 0.29) is 36.1 Å². The predicted molar refractivity (Wildman–Crippen MR) is 217 cm³/mol. The van der Waals surface area contributed by atoms with E-state index in [2.05, 4.69) is 26.3 Å².